The van der Waals surface area contributed by atoms with E-state index in [1.54, 1.807) is 6.92 Å². The molecule has 0 aromatic carbocycles. The highest BCUT2D eigenvalue weighted by Gasteiger charge is 2.82. The van der Waals surface area contributed by atoms with E-state index in [9.17, 15) is 20.1 Å². The molecule has 0 aromatic heterocycles. The molecule has 5 fully saturated rings. The SMILES string of the molecule is C/C(=C\[C@H](O)C[C@@H](C)C1CC[C@@]2(C)C3CCC4C(C)(C)[C@@H](O)CC[C@@]45C[C@@]35CC[C@]12C)C(=O)O. The summed E-state index contributed by atoms with van der Waals surface area (Å²) >= 11 is 0. The maximum atomic E-state index is 11.2. The molecule has 0 radical (unpaired) electrons. The van der Waals surface area contributed by atoms with Crippen LogP contribution < -0.4 is 0 Å². The molecule has 0 aromatic rings. The maximum Gasteiger partial charge on any atom is 0.331 e. The van der Waals surface area contributed by atoms with Crippen LogP contribution in [0.15, 0.2) is 11.6 Å². The smallest absolute Gasteiger partial charge is 0.331 e. The van der Waals surface area contributed by atoms with Gasteiger partial charge in [-0.1, -0.05) is 34.6 Å². The van der Waals surface area contributed by atoms with Crippen LogP contribution >= 0.6 is 0 Å². The lowest BCUT2D eigenvalue weighted by Crippen LogP contribution is -2.57. The molecule has 192 valence electrons. The van der Waals surface area contributed by atoms with Crippen molar-refractivity contribution in [1.82, 2.24) is 0 Å². The van der Waals surface area contributed by atoms with E-state index in [0.29, 0.717) is 40.4 Å². The van der Waals surface area contributed by atoms with Gasteiger partial charge in [0.2, 0.25) is 0 Å². The van der Waals surface area contributed by atoms with Crippen molar-refractivity contribution in [2.75, 3.05) is 0 Å². The molecule has 5 aliphatic carbocycles. The quantitative estimate of drug-likeness (QED) is 0.416. The van der Waals surface area contributed by atoms with E-state index < -0.39 is 12.1 Å². The highest BCUT2D eigenvalue weighted by atomic mass is 16.4. The fourth-order valence-corrected chi connectivity index (χ4v) is 11.3. The van der Waals surface area contributed by atoms with Crippen LogP contribution in [0.2, 0.25) is 0 Å². The summed E-state index contributed by atoms with van der Waals surface area (Å²) in [5, 5.41) is 30.6. The Bertz CT molecular complexity index is 892. The normalized spacial score (nSPS) is 50.9. The second kappa shape index (κ2) is 7.57. The molecular formula is C30H48O4. The predicted molar refractivity (Wildman–Crippen MR) is 134 cm³/mol. The molecule has 5 saturated carbocycles. The van der Waals surface area contributed by atoms with Crippen molar-refractivity contribution in [2.24, 2.45) is 50.7 Å². The highest BCUT2D eigenvalue weighted by molar-refractivity contribution is 5.85. The Morgan fingerprint density at radius 1 is 0.941 bits per heavy atom. The Morgan fingerprint density at radius 2 is 1.59 bits per heavy atom. The monoisotopic (exact) mass is 472 g/mol. The molecule has 0 saturated heterocycles. The number of aliphatic hydroxyl groups excluding tert-OH is 2. The molecule has 0 amide bonds. The van der Waals surface area contributed by atoms with Gasteiger partial charge < -0.3 is 15.3 Å². The van der Waals surface area contributed by atoms with Gasteiger partial charge in [0.15, 0.2) is 0 Å². The summed E-state index contributed by atoms with van der Waals surface area (Å²) in [6, 6.07) is 0. The van der Waals surface area contributed by atoms with Crippen LogP contribution in [0.3, 0.4) is 0 Å². The summed E-state index contributed by atoms with van der Waals surface area (Å²) in [5.41, 5.74) is 1.88. The lowest BCUT2D eigenvalue weighted by atomic mass is 9.41. The van der Waals surface area contributed by atoms with Crippen LogP contribution in [-0.2, 0) is 4.79 Å². The first-order chi connectivity index (χ1) is 15.8. The first-order valence-corrected chi connectivity index (χ1v) is 14.0. The van der Waals surface area contributed by atoms with Gasteiger partial charge in [0.25, 0.3) is 0 Å². The van der Waals surface area contributed by atoms with E-state index in [1.807, 2.05) is 0 Å². The number of carboxylic acids is 1. The molecule has 0 aliphatic heterocycles. The second-order valence-electron chi connectivity index (χ2n) is 14.5. The molecule has 5 rings (SSSR count). The van der Waals surface area contributed by atoms with Gasteiger partial charge in [-0.3, -0.25) is 0 Å². The molecule has 3 N–H and O–H groups in total. The van der Waals surface area contributed by atoms with Crippen LogP contribution in [-0.4, -0.2) is 33.5 Å². The lowest BCUT2D eigenvalue weighted by molar-refractivity contribution is -0.162. The standard InChI is InChI=1S/C30H48O4/c1-18(15-20(31)16-19(2)25(33)34)21-9-11-28(6)23-8-7-22-26(3,4)24(32)10-12-29(22)17-30(23,29)14-13-27(21,28)5/h16,18,20-24,31-32H,7-15,17H2,1-6H3,(H,33,34)/b19-16+/t18-,20-,21?,22?,23?,24+,27-,28+,29-,30+/m1/s1. The number of aliphatic carboxylic acids is 1. The third kappa shape index (κ3) is 3.00. The zero-order valence-electron chi connectivity index (χ0n) is 22.4. The van der Waals surface area contributed by atoms with E-state index in [1.165, 1.54) is 57.4 Å². The molecule has 2 spiro atoms. The topological polar surface area (TPSA) is 77.8 Å². The molecule has 3 unspecified atom stereocenters. The van der Waals surface area contributed by atoms with Crippen molar-refractivity contribution < 1.29 is 20.1 Å². The molecule has 10 atom stereocenters. The van der Waals surface area contributed by atoms with Gasteiger partial charge in [-0.15, -0.1) is 0 Å². The van der Waals surface area contributed by atoms with Crippen LogP contribution in [0.5, 0.6) is 0 Å². The summed E-state index contributed by atoms with van der Waals surface area (Å²) in [5.74, 6) is 1.47. The van der Waals surface area contributed by atoms with Crippen molar-refractivity contribution in [1.29, 1.82) is 0 Å². The second-order valence-corrected chi connectivity index (χ2v) is 14.5. The van der Waals surface area contributed by atoms with Crippen molar-refractivity contribution in [3.63, 3.8) is 0 Å². The maximum absolute atomic E-state index is 11.2. The van der Waals surface area contributed by atoms with E-state index in [-0.39, 0.29) is 22.5 Å². The van der Waals surface area contributed by atoms with Crippen LogP contribution in [0, 0.1) is 50.7 Å². The number of fused-ring (bicyclic) bond motifs is 2. The summed E-state index contributed by atoms with van der Waals surface area (Å²) < 4.78 is 0. The summed E-state index contributed by atoms with van der Waals surface area (Å²) in [6.45, 7) is 13.7. The number of aliphatic hydroxyl groups is 2. The Balaban J connectivity index is 1.38. The zero-order chi connectivity index (χ0) is 24.9. The van der Waals surface area contributed by atoms with Crippen LogP contribution in [0.4, 0.5) is 0 Å². The highest BCUT2D eigenvalue weighted by Crippen LogP contribution is 2.89. The van der Waals surface area contributed by atoms with Crippen LogP contribution in [0.1, 0.15) is 106 Å². The van der Waals surface area contributed by atoms with Gasteiger partial charge in [-0.2, -0.15) is 0 Å². The number of hydrogen-bond acceptors (Lipinski definition) is 3. The molecule has 4 nitrogen and oxygen atoms in total. The average molecular weight is 473 g/mol. The number of carboxylic acid groups (broad SMARTS) is 1. The van der Waals surface area contributed by atoms with E-state index in [2.05, 4.69) is 34.6 Å². The third-order valence-corrected chi connectivity index (χ3v) is 13.2. The summed E-state index contributed by atoms with van der Waals surface area (Å²) in [6.07, 6.45) is 12.7. The van der Waals surface area contributed by atoms with Crippen molar-refractivity contribution in [3.05, 3.63) is 11.6 Å². The molecular weight excluding hydrogens is 424 g/mol. The largest absolute Gasteiger partial charge is 0.478 e. The Kier molecular flexibility index (Phi) is 5.52. The number of carbonyl (C=O) groups is 1. The molecule has 5 aliphatic rings. The van der Waals surface area contributed by atoms with E-state index in [4.69, 9.17) is 0 Å². The van der Waals surface area contributed by atoms with Gasteiger partial charge in [0, 0.05) is 5.57 Å². The van der Waals surface area contributed by atoms with Crippen molar-refractivity contribution in [3.8, 4) is 0 Å². The molecule has 34 heavy (non-hydrogen) atoms. The third-order valence-electron chi connectivity index (χ3n) is 13.2. The predicted octanol–water partition coefficient (Wildman–Crippen LogP) is 6.20. The van der Waals surface area contributed by atoms with Crippen LogP contribution in [0.25, 0.3) is 0 Å². The van der Waals surface area contributed by atoms with E-state index in [0.717, 1.165) is 12.3 Å². The number of rotatable bonds is 5. The fourth-order valence-electron chi connectivity index (χ4n) is 11.3. The van der Waals surface area contributed by atoms with E-state index >= 15 is 0 Å². The molecule has 4 heteroatoms. The Morgan fingerprint density at radius 3 is 2.26 bits per heavy atom. The minimum absolute atomic E-state index is 0.0405. The molecule has 0 heterocycles. The van der Waals surface area contributed by atoms with Gasteiger partial charge in [-0.25, -0.2) is 4.79 Å². The Labute approximate surface area is 206 Å². The zero-order valence-corrected chi connectivity index (χ0v) is 22.4. The van der Waals surface area contributed by atoms with Crippen molar-refractivity contribution in [2.45, 2.75) is 118 Å². The fraction of sp³-hybridized carbons (Fsp3) is 0.900. The van der Waals surface area contributed by atoms with Gasteiger partial charge in [-0.05, 0) is 128 Å². The minimum Gasteiger partial charge on any atom is -0.478 e. The van der Waals surface area contributed by atoms with Gasteiger partial charge in [0.1, 0.15) is 0 Å². The molecule has 0 bridgehead atoms. The Hall–Kier alpha value is -0.870. The van der Waals surface area contributed by atoms with Gasteiger partial charge in [0.05, 0.1) is 12.2 Å². The summed E-state index contributed by atoms with van der Waals surface area (Å²) in [4.78, 5) is 11.2. The first-order valence-electron chi connectivity index (χ1n) is 14.0. The van der Waals surface area contributed by atoms with Crippen molar-refractivity contribution >= 4 is 5.97 Å². The first kappa shape index (κ1) is 24.8. The average Bonchev–Trinajstić information content (AvgIpc) is 3.33. The van der Waals surface area contributed by atoms with Gasteiger partial charge >= 0.3 is 5.97 Å². The number of hydrogen-bond donors (Lipinski definition) is 3. The lowest BCUT2D eigenvalue weighted by Gasteiger charge is -2.63. The minimum atomic E-state index is -0.947. The summed E-state index contributed by atoms with van der Waals surface area (Å²) in [7, 11) is 0.